The van der Waals surface area contributed by atoms with E-state index in [0.717, 1.165) is 25.9 Å². The molecule has 0 radical (unpaired) electrons. The van der Waals surface area contributed by atoms with Crippen molar-refractivity contribution < 1.29 is 4.79 Å². The summed E-state index contributed by atoms with van der Waals surface area (Å²) in [7, 11) is 0. The molecule has 0 unspecified atom stereocenters. The summed E-state index contributed by atoms with van der Waals surface area (Å²) in [6.07, 6.45) is 2.65. The molecule has 0 rings (SSSR count). The molecule has 0 atom stereocenters. The van der Waals surface area contributed by atoms with Crippen molar-refractivity contribution in [2.45, 2.75) is 33.1 Å². The van der Waals surface area contributed by atoms with Gasteiger partial charge in [0, 0.05) is 19.5 Å². The molecule has 3 heteroatoms. The molecule has 0 aromatic rings. The highest BCUT2D eigenvalue weighted by molar-refractivity contribution is 7.80. The number of carbonyl (C=O) groups excluding carboxylic acids is 1. The minimum atomic E-state index is 0.244. The predicted molar refractivity (Wildman–Crippen MR) is 55.6 cm³/mol. The number of nitrogens with zero attached hydrogens (tertiary/aromatic N) is 1. The van der Waals surface area contributed by atoms with Gasteiger partial charge in [-0.15, -0.1) is 0 Å². The van der Waals surface area contributed by atoms with Gasteiger partial charge in [-0.2, -0.15) is 12.6 Å². The molecule has 0 fully saturated rings. The van der Waals surface area contributed by atoms with Crippen molar-refractivity contribution in [3.05, 3.63) is 0 Å². The van der Waals surface area contributed by atoms with Crippen LogP contribution in [0.1, 0.15) is 33.1 Å². The Balaban J connectivity index is 3.81. The van der Waals surface area contributed by atoms with Gasteiger partial charge in [-0.1, -0.05) is 13.8 Å². The predicted octanol–water partition coefficient (Wildman–Crippen LogP) is 1.95. The Morgan fingerprint density at radius 1 is 1.25 bits per heavy atom. The van der Waals surface area contributed by atoms with Crippen molar-refractivity contribution in [3.63, 3.8) is 0 Å². The van der Waals surface area contributed by atoms with Crippen LogP contribution in [0.4, 0.5) is 0 Å². The number of thiol groups is 1. The maximum Gasteiger partial charge on any atom is 0.223 e. The van der Waals surface area contributed by atoms with E-state index in [1.54, 1.807) is 0 Å². The average molecular weight is 189 g/mol. The largest absolute Gasteiger partial charge is 0.343 e. The molecule has 0 saturated carbocycles. The zero-order valence-corrected chi connectivity index (χ0v) is 8.94. The standard InChI is InChI=1S/C9H19NOS/c1-3-6-10(7-4-2)9(11)5-8-12/h12H,3-8H2,1-2H3. The van der Waals surface area contributed by atoms with E-state index in [1.807, 2.05) is 4.90 Å². The number of hydrogen-bond acceptors (Lipinski definition) is 2. The van der Waals surface area contributed by atoms with Gasteiger partial charge in [0.25, 0.3) is 0 Å². The van der Waals surface area contributed by atoms with E-state index in [0.29, 0.717) is 12.2 Å². The topological polar surface area (TPSA) is 20.3 Å². The van der Waals surface area contributed by atoms with Crippen LogP contribution in [0.15, 0.2) is 0 Å². The summed E-state index contributed by atoms with van der Waals surface area (Å²) in [6.45, 7) is 5.97. The third-order valence-electron chi connectivity index (χ3n) is 1.67. The Morgan fingerprint density at radius 2 is 1.75 bits per heavy atom. The molecule has 0 spiro atoms. The van der Waals surface area contributed by atoms with Gasteiger partial charge in [0.2, 0.25) is 5.91 Å². The van der Waals surface area contributed by atoms with Gasteiger partial charge in [-0.3, -0.25) is 4.79 Å². The first-order chi connectivity index (χ1) is 5.76. The molecule has 12 heavy (non-hydrogen) atoms. The molecular weight excluding hydrogens is 170 g/mol. The second-order valence-electron chi connectivity index (χ2n) is 2.85. The van der Waals surface area contributed by atoms with Crippen molar-refractivity contribution in [3.8, 4) is 0 Å². The second kappa shape index (κ2) is 7.47. The fourth-order valence-electron chi connectivity index (χ4n) is 1.15. The van der Waals surface area contributed by atoms with E-state index in [2.05, 4.69) is 26.5 Å². The summed E-state index contributed by atoms with van der Waals surface area (Å²) in [4.78, 5) is 13.3. The molecule has 0 aliphatic heterocycles. The van der Waals surface area contributed by atoms with E-state index >= 15 is 0 Å². The molecule has 0 heterocycles. The zero-order chi connectivity index (χ0) is 9.40. The lowest BCUT2D eigenvalue weighted by atomic mass is 10.3. The van der Waals surface area contributed by atoms with Crippen LogP contribution in [0.2, 0.25) is 0 Å². The lowest BCUT2D eigenvalue weighted by Crippen LogP contribution is -2.32. The Morgan fingerprint density at radius 3 is 2.08 bits per heavy atom. The molecule has 0 aliphatic rings. The molecule has 2 nitrogen and oxygen atoms in total. The van der Waals surface area contributed by atoms with Gasteiger partial charge >= 0.3 is 0 Å². The van der Waals surface area contributed by atoms with E-state index in [-0.39, 0.29) is 5.91 Å². The molecule has 0 aliphatic carbocycles. The highest BCUT2D eigenvalue weighted by atomic mass is 32.1. The zero-order valence-electron chi connectivity index (χ0n) is 8.05. The molecule has 0 aromatic carbocycles. The second-order valence-corrected chi connectivity index (χ2v) is 3.30. The van der Waals surface area contributed by atoms with Crippen LogP contribution in [0.5, 0.6) is 0 Å². The van der Waals surface area contributed by atoms with Gasteiger partial charge < -0.3 is 4.90 Å². The Kier molecular flexibility index (Phi) is 7.36. The maximum absolute atomic E-state index is 11.4. The molecule has 1 amide bonds. The maximum atomic E-state index is 11.4. The van der Waals surface area contributed by atoms with E-state index in [1.165, 1.54) is 0 Å². The van der Waals surface area contributed by atoms with Crippen LogP contribution in [0, 0.1) is 0 Å². The summed E-state index contributed by atoms with van der Waals surface area (Å²) >= 11 is 4.04. The summed E-state index contributed by atoms with van der Waals surface area (Å²) in [5.74, 6) is 0.900. The summed E-state index contributed by atoms with van der Waals surface area (Å²) < 4.78 is 0. The number of amides is 1. The van der Waals surface area contributed by atoms with Crippen LogP contribution < -0.4 is 0 Å². The van der Waals surface area contributed by atoms with Crippen LogP contribution in [0.25, 0.3) is 0 Å². The third kappa shape index (κ3) is 4.65. The minimum absolute atomic E-state index is 0.244. The Bertz CT molecular complexity index is 122. The van der Waals surface area contributed by atoms with Crippen LogP contribution >= 0.6 is 12.6 Å². The van der Waals surface area contributed by atoms with Gasteiger partial charge in [0.1, 0.15) is 0 Å². The monoisotopic (exact) mass is 189 g/mol. The molecular formula is C9H19NOS. The van der Waals surface area contributed by atoms with Gasteiger partial charge in [-0.05, 0) is 18.6 Å². The van der Waals surface area contributed by atoms with E-state index in [4.69, 9.17) is 0 Å². The summed E-state index contributed by atoms with van der Waals surface area (Å²) in [5.41, 5.74) is 0. The quantitative estimate of drug-likeness (QED) is 0.633. The Hall–Kier alpha value is -0.180. The molecule has 0 aromatic heterocycles. The fraction of sp³-hybridized carbons (Fsp3) is 0.889. The van der Waals surface area contributed by atoms with Crippen molar-refractivity contribution in [1.29, 1.82) is 0 Å². The third-order valence-corrected chi connectivity index (χ3v) is 1.89. The molecule has 0 N–H and O–H groups in total. The first-order valence-corrected chi connectivity index (χ1v) is 5.28. The number of carbonyl (C=O) groups is 1. The number of rotatable bonds is 6. The highest BCUT2D eigenvalue weighted by Gasteiger charge is 2.09. The molecule has 72 valence electrons. The lowest BCUT2D eigenvalue weighted by molar-refractivity contribution is -0.130. The number of hydrogen-bond donors (Lipinski definition) is 1. The van der Waals surface area contributed by atoms with Crippen molar-refractivity contribution in [2.24, 2.45) is 0 Å². The first-order valence-electron chi connectivity index (χ1n) is 4.64. The van der Waals surface area contributed by atoms with Crippen molar-refractivity contribution in [2.75, 3.05) is 18.8 Å². The average Bonchev–Trinajstić information content (AvgIpc) is 2.04. The van der Waals surface area contributed by atoms with Crippen LogP contribution in [-0.4, -0.2) is 29.6 Å². The van der Waals surface area contributed by atoms with Gasteiger partial charge in [0.15, 0.2) is 0 Å². The minimum Gasteiger partial charge on any atom is -0.343 e. The smallest absolute Gasteiger partial charge is 0.223 e. The van der Waals surface area contributed by atoms with Crippen molar-refractivity contribution >= 4 is 18.5 Å². The summed E-state index contributed by atoms with van der Waals surface area (Å²) in [5, 5.41) is 0. The first kappa shape index (κ1) is 11.8. The SMILES string of the molecule is CCCN(CCC)C(=O)CCS. The van der Waals surface area contributed by atoms with E-state index < -0.39 is 0 Å². The lowest BCUT2D eigenvalue weighted by Gasteiger charge is -2.20. The Labute approximate surface area is 80.7 Å². The molecule has 0 bridgehead atoms. The summed E-state index contributed by atoms with van der Waals surface area (Å²) in [6, 6.07) is 0. The van der Waals surface area contributed by atoms with Gasteiger partial charge in [-0.25, -0.2) is 0 Å². The van der Waals surface area contributed by atoms with Crippen molar-refractivity contribution in [1.82, 2.24) is 4.90 Å². The normalized spacial score (nSPS) is 9.92. The van der Waals surface area contributed by atoms with E-state index in [9.17, 15) is 4.79 Å². The fourth-order valence-corrected chi connectivity index (χ4v) is 1.35. The van der Waals surface area contributed by atoms with Crippen LogP contribution in [0.3, 0.4) is 0 Å². The van der Waals surface area contributed by atoms with Gasteiger partial charge in [0.05, 0.1) is 0 Å². The molecule has 0 saturated heterocycles. The highest BCUT2D eigenvalue weighted by Crippen LogP contribution is 1.99. The van der Waals surface area contributed by atoms with Crippen LogP contribution in [-0.2, 0) is 4.79 Å².